The van der Waals surface area contributed by atoms with Gasteiger partial charge in [-0.2, -0.15) is 4.31 Å². The van der Waals surface area contributed by atoms with Gasteiger partial charge in [-0.25, -0.2) is 13.4 Å². The lowest BCUT2D eigenvalue weighted by molar-refractivity contribution is -0.132. The third-order valence-corrected chi connectivity index (χ3v) is 9.34. The normalized spacial score (nSPS) is 23.3. The molecular weight excluding hydrogens is 549 g/mol. The van der Waals surface area contributed by atoms with E-state index in [0.29, 0.717) is 19.3 Å². The van der Waals surface area contributed by atoms with Gasteiger partial charge in [-0.3, -0.25) is 9.59 Å². The molecule has 0 spiro atoms. The summed E-state index contributed by atoms with van der Waals surface area (Å²) in [7, 11) is -4.24. The van der Waals surface area contributed by atoms with Gasteiger partial charge in [-0.1, -0.05) is 34.8 Å². The first-order valence-corrected chi connectivity index (χ1v) is 14.1. The maximum atomic E-state index is 13.7. The van der Waals surface area contributed by atoms with Crippen molar-refractivity contribution in [3.63, 3.8) is 0 Å². The van der Waals surface area contributed by atoms with Crippen LogP contribution in [-0.4, -0.2) is 65.8 Å². The first-order chi connectivity index (χ1) is 17.1. The number of benzene rings is 1. The van der Waals surface area contributed by atoms with Crippen molar-refractivity contribution < 1.29 is 18.0 Å². The van der Waals surface area contributed by atoms with E-state index in [2.05, 4.69) is 10.3 Å². The van der Waals surface area contributed by atoms with Crippen LogP contribution in [0.1, 0.15) is 42.5 Å². The maximum absolute atomic E-state index is 13.7. The molecular formula is C23H26Cl3N5O4S. The van der Waals surface area contributed by atoms with Crippen molar-refractivity contribution in [1.82, 2.24) is 19.5 Å². The number of hydrogen-bond donors (Lipinski definition) is 2. The minimum absolute atomic E-state index is 0.0285. The SMILES string of the molecule is NC1CCC(NC(=O)C2N(C(=O)c3cccnc3Cl)CCCN2S(=O)(=O)c2ccc(Cl)c(Cl)c2)CC1. The smallest absolute Gasteiger partial charge is 0.259 e. The molecule has 4 rings (SSSR count). The number of nitrogens with one attached hydrogen (secondary N) is 1. The molecule has 194 valence electrons. The monoisotopic (exact) mass is 573 g/mol. The van der Waals surface area contributed by atoms with E-state index in [1.54, 1.807) is 6.07 Å². The van der Waals surface area contributed by atoms with Gasteiger partial charge in [-0.05, 0) is 62.4 Å². The Labute approximate surface area is 224 Å². The topological polar surface area (TPSA) is 126 Å². The average molecular weight is 575 g/mol. The van der Waals surface area contributed by atoms with E-state index in [4.69, 9.17) is 40.5 Å². The van der Waals surface area contributed by atoms with Gasteiger partial charge in [0.25, 0.3) is 11.8 Å². The summed E-state index contributed by atoms with van der Waals surface area (Å²) in [6, 6.07) is 6.86. The van der Waals surface area contributed by atoms with Crippen LogP contribution in [0, 0.1) is 0 Å². The zero-order valence-corrected chi connectivity index (χ0v) is 22.3. The van der Waals surface area contributed by atoms with E-state index < -0.39 is 28.0 Å². The minimum Gasteiger partial charge on any atom is -0.350 e. The Hall–Kier alpha value is -1.95. The number of carbonyl (C=O) groups excluding carboxylic acids is 2. The third-order valence-electron chi connectivity index (χ3n) is 6.45. The average Bonchev–Trinajstić information content (AvgIpc) is 2.86. The first kappa shape index (κ1) is 27.1. The molecule has 2 aromatic rings. The molecule has 2 fully saturated rings. The van der Waals surface area contributed by atoms with Crippen LogP contribution < -0.4 is 11.1 Å². The van der Waals surface area contributed by atoms with Crippen molar-refractivity contribution >= 4 is 56.6 Å². The van der Waals surface area contributed by atoms with Gasteiger partial charge in [0.2, 0.25) is 10.0 Å². The molecule has 36 heavy (non-hydrogen) atoms. The van der Waals surface area contributed by atoms with Crippen LogP contribution in [0.15, 0.2) is 41.4 Å². The molecule has 1 saturated carbocycles. The molecule has 0 radical (unpaired) electrons. The molecule has 0 bridgehead atoms. The highest BCUT2D eigenvalue weighted by molar-refractivity contribution is 7.89. The van der Waals surface area contributed by atoms with Gasteiger partial charge >= 0.3 is 0 Å². The van der Waals surface area contributed by atoms with Crippen LogP contribution in [0.25, 0.3) is 0 Å². The Balaban J connectivity index is 1.71. The summed E-state index contributed by atoms with van der Waals surface area (Å²) in [5.74, 6) is -1.18. The minimum atomic E-state index is -4.24. The van der Waals surface area contributed by atoms with Crippen LogP contribution in [0.2, 0.25) is 15.2 Å². The molecule has 3 N–H and O–H groups in total. The number of aromatic nitrogens is 1. The van der Waals surface area contributed by atoms with E-state index in [9.17, 15) is 18.0 Å². The summed E-state index contributed by atoms with van der Waals surface area (Å²) in [6.07, 6.45) is 3.14. The van der Waals surface area contributed by atoms with Crippen LogP contribution in [-0.2, 0) is 14.8 Å². The Morgan fingerprint density at radius 3 is 2.42 bits per heavy atom. The first-order valence-electron chi connectivity index (χ1n) is 11.5. The lowest BCUT2D eigenvalue weighted by Crippen LogP contribution is -2.64. The molecule has 13 heteroatoms. The Kier molecular flexibility index (Phi) is 8.43. The van der Waals surface area contributed by atoms with Crippen LogP contribution in [0.5, 0.6) is 0 Å². The van der Waals surface area contributed by atoms with E-state index in [-0.39, 0.29) is 50.8 Å². The number of rotatable bonds is 5. The Morgan fingerprint density at radius 2 is 1.75 bits per heavy atom. The highest BCUT2D eigenvalue weighted by atomic mass is 35.5. The fraction of sp³-hybridized carbons (Fsp3) is 0.435. The summed E-state index contributed by atoms with van der Waals surface area (Å²) < 4.78 is 28.5. The predicted octanol–water partition coefficient (Wildman–Crippen LogP) is 3.29. The molecule has 2 aliphatic rings. The summed E-state index contributed by atoms with van der Waals surface area (Å²) in [5, 5.41) is 3.16. The van der Waals surface area contributed by atoms with Crippen molar-refractivity contribution in [2.75, 3.05) is 13.1 Å². The third kappa shape index (κ3) is 5.64. The number of nitrogens with two attached hydrogens (primary N) is 1. The fourth-order valence-electron chi connectivity index (χ4n) is 4.55. The van der Waals surface area contributed by atoms with Crippen molar-refractivity contribution in [3.05, 3.63) is 57.3 Å². The van der Waals surface area contributed by atoms with Gasteiger partial charge in [0, 0.05) is 31.4 Å². The Morgan fingerprint density at radius 1 is 1.03 bits per heavy atom. The molecule has 1 aliphatic heterocycles. The van der Waals surface area contributed by atoms with Gasteiger partial charge in [0.05, 0.1) is 20.5 Å². The summed E-state index contributed by atoms with van der Waals surface area (Å²) >= 11 is 18.2. The van der Waals surface area contributed by atoms with Crippen LogP contribution in [0.3, 0.4) is 0 Å². The molecule has 1 saturated heterocycles. The standard InChI is InChI=1S/C23H26Cl3N5O4S/c24-18-9-8-16(13-19(18)25)36(34,35)31-12-2-11-30(23(33)17-3-1-10-28-20(17)26)22(31)21(32)29-15-6-4-14(27)5-7-15/h1,3,8-10,13-15,22H,2,4-7,11-12,27H2,(H,29,32). The highest BCUT2D eigenvalue weighted by Crippen LogP contribution is 2.31. The van der Waals surface area contributed by atoms with Crippen molar-refractivity contribution in [3.8, 4) is 0 Å². The van der Waals surface area contributed by atoms with Crippen molar-refractivity contribution in [1.29, 1.82) is 0 Å². The summed E-state index contributed by atoms with van der Waals surface area (Å²) in [4.78, 5) is 32.2. The number of amides is 2. The van der Waals surface area contributed by atoms with Gasteiger partial charge < -0.3 is 16.0 Å². The molecule has 2 heterocycles. The summed E-state index contributed by atoms with van der Waals surface area (Å²) in [6.45, 7) is 0.186. The maximum Gasteiger partial charge on any atom is 0.259 e. The molecule has 1 atom stereocenters. The second-order valence-electron chi connectivity index (χ2n) is 8.88. The number of carbonyl (C=O) groups is 2. The predicted molar refractivity (Wildman–Crippen MR) is 137 cm³/mol. The number of halogens is 3. The summed E-state index contributed by atoms with van der Waals surface area (Å²) in [5.41, 5.74) is 6.06. The Bertz CT molecular complexity index is 1250. The molecule has 1 aromatic carbocycles. The van der Waals surface area contributed by atoms with E-state index in [1.165, 1.54) is 35.4 Å². The van der Waals surface area contributed by atoms with Crippen molar-refractivity contribution in [2.45, 2.75) is 55.2 Å². The lowest BCUT2D eigenvalue weighted by atomic mass is 9.92. The number of sulfonamides is 1. The van der Waals surface area contributed by atoms with Gasteiger partial charge in [-0.15, -0.1) is 0 Å². The number of hydrogen-bond acceptors (Lipinski definition) is 6. The molecule has 1 aliphatic carbocycles. The van der Waals surface area contributed by atoms with Gasteiger partial charge in [0.1, 0.15) is 5.15 Å². The quantitative estimate of drug-likeness (QED) is 0.528. The second kappa shape index (κ2) is 11.2. The zero-order chi connectivity index (χ0) is 26.0. The number of nitrogens with zero attached hydrogens (tertiary/aromatic N) is 3. The van der Waals surface area contributed by atoms with E-state index >= 15 is 0 Å². The molecule has 9 nitrogen and oxygen atoms in total. The van der Waals surface area contributed by atoms with Gasteiger partial charge in [0.15, 0.2) is 6.17 Å². The van der Waals surface area contributed by atoms with E-state index in [1.807, 2.05) is 0 Å². The van der Waals surface area contributed by atoms with Crippen LogP contribution in [0.4, 0.5) is 0 Å². The number of pyridine rings is 1. The zero-order valence-electron chi connectivity index (χ0n) is 19.2. The molecule has 2 amide bonds. The molecule has 1 aromatic heterocycles. The highest BCUT2D eigenvalue weighted by Gasteiger charge is 2.45. The largest absolute Gasteiger partial charge is 0.350 e. The lowest BCUT2D eigenvalue weighted by Gasteiger charge is -2.42. The van der Waals surface area contributed by atoms with Crippen molar-refractivity contribution in [2.24, 2.45) is 5.73 Å². The van der Waals surface area contributed by atoms with Crippen LogP contribution >= 0.6 is 34.8 Å². The molecule has 1 unspecified atom stereocenters. The fourth-order valence-corrected chi connectivity index (χ4v) is 6.73. The van der Waals surface area contributed by atoms with E-state index in [0.717, 1.165) is 17.1 Å². The second-order valence-corrected chi connectivity index (χ2v) is 11.9.